The molecule has 5 nitrogen and oxygen atoms in total. The maximum atomic E-state index is 12.3. The van der Waals surface area contributed by atoms with Crippen molar-refractivity contribution >= 4 is 28.1 Å². The minimum atomic E-state index is -0.432. The van der Waals surface area contributed by atoms with E-state index in [1.807, 2.05) is 18.2 Å². The average Bonchev–Trinajstić information content (AvgIpc) is 2.52. The van der Waals surface area contributed by atoms with E-state index in [2.05, 4.69) is 10.3 Å². The molecule has 3 aromatic rings. The van der Waals surface area contributed by atoms with Gasteiger partial charge in [-0.2, -0.15) is 0 Å². The Morgan fingerprint density at radius 1 is 1.19 bits per heavy atom. The van der Waals surface area contributed by atoms with Crippen molar-refractivity contribution in [3.05, 3.63) is 60.4 Å². The number of benzene rings is 2. The van der Waals surface area contributed by atoms with Gasteiger partial charge in [-0.05, 0) is 23.6 Å². The van der Waals surface area contributed by atoms with E-state index in [9.17, 15) is 9.90 Å². The maximum absolute atomic E-state index is 12.3. The molecule has 104 valence electrons. The third kappa shape index (κ3) is 2.36. The van der Waals surface area contributed by atoms with Crippen molar-refractivity contribution in [2.45, 2.75) is 0 Å². The van der Waals surface area contributed by atoms with Gasteiger partial charge in [-0.3, -0.25) is 9.78 Å². The highest BCUT2D eigenvalue weighted by Crippen LogP contribution is 2.33. The molecule has 4 N–H and O–H groups in total. The molecule has 0 aliphatic carbocycles. The van der Waals surface area contributed by atoms with Crippen LogP contribution in [0, 0.1) is 0 Å². The van der Waals surface area contributed by atoms with Crippen LogP contribution >= 0.6 is 0 Å². The van der Waals surface area contributed by atoms with Gasteiger partial charge in [0.2, 0.25) is 0 Å². The van der Waals surface area contributed by atoms with E-state index in [0.717, 1.165) is 5.39 Å². The van der Waals surface area contributed by atoms with E-state index in [4.69, 9.17) is 5.73 Å². The zero-order valence-corrected chi connectivity index (χ0v) is 11.1. The number of carbonyl (C=O) groups is 1. The number of phenolic OH excluding ortho intramolecular Hbond substituents is 1. The van der Waals surface area contributed by atoms with Gasteiger partial charge in [0.05, 0.1) is 23.1 Å². The summed E-state index contributed by atoms with van der Waals surface area (Å²) in [4.78, 5) is 16.2. The Morgan fingerprint density at radius 3 is 2.76 bits per heavy atom. The van der Waals surface area contributed by atoms with Crippen molar-refractivity contribution in [2.24, 2.45) is 0 Å². The summed E-state index contributed by atoms with van der Waals surface area (Å²) in [5.41, 5.74) is 6.79. The van der Waals surface area contributed by atoms with Gasteiger partial charge in [-0.15, -0.1) is 0 Å². The molecule has 1 amide bonds. The molecule has 1 heterocycles. The first kappa shape index (κ1) is 12.9. The molecule has 1 aromatic heterocycles. The van der Waals surface area contributed by atoms with Crippen molar-refractivity contribution in [1.29, 1.82) is 0 Å². The lowest BCUT2D eigenvalue weighted by Gasteiger charge is -2.11. The Balaban J connectivity index is 2.04. The maximum Gasteiger partial charge on any atom is 0.259 e. The molecule has 0 atom stereocenters. The van der Waals surface area contributed by atoms with Gasteiger partial charge >= 0.3 is 0 Å². The van der Waals surface area contributed by atoms with Gasteiger partial charge in [0.15, 0.2) is 5.75 Å². The molecular formula is C16H13N3O2. The van der Waals surface area contributed by atoms with Gasteiger partial charge in [-0.25, -0.2) is 0 Å². The molecule has 21 heavy (non-hydrogen) atoms. The minimum absolute atomic E-state index is 0.134. The predicted octanol–water partition coefficient (Wildman–Crippen LogP) is 2.77. The van der Waals surface area contributed by atoms with Crippen molar-refractivity contribution in [2.75, 3.05) is 11.1 Å². The first-order valence-corrected chi connectivity index (χ1v) is 6.38. The lowest BCUT2D eigenvalue weighted by atomic mass is 10.0. The highest BCUT2D eigenvalue weighted by molar-refractivity contribution is 6.11. The number of aromatic hydroxyl groups is 1. The monoisotopic (exact) mass is 279 g/mol. The summed E-state index contributed by atoms with van der Waals surface area (Å²) in [7, 11) is 0. The number of nitrogen functional groups attached to an aromatic ring is 1. The molecule has 0 bridgehead atoms. The Bertz CT molecular complexity index is 816. The molecule has 0 unspecified atom stereocenters. The lowest BCUT2D eigenvalue weighted by molar-refractivity contribution is 0.102. The van der Waals surface area contributed by atoms with Gasteiger partial charge in [-0.1, -0.05) is 24.3 Å². The van der Waals surface area contributed by atoms with Crippen LogP contribution in [0.4, 0.5) is 11.4 Å². The molecular weight excluding hydrogens is 266 g/mol. The summed E-state index contributed by atoms with van der Waals surface area (Å²) in [5.74, 6) is -0.645. The fraction of sp³-hybridized carbons (Fsp3) is 0. The number of hydrogen-bond donors (Lipinski definition) is 3. The van der Waals surface area contributed by atoms with Crippen molar-refractivity contribution in [3.63, 3.8) is 0 Å². The molecule has 0 aliphatic rings. The molecule has 0 saturated heterocycles. The number of nitrogens with two attached hydrogens (primary N) is 1. The third-order valence-corrected chi connectivity index (χ3v) is 3.23. The number of aromatic nitrogens is 1. The number of pyridine rings is 1. The molecule has 3 rings (SSSR count). The van der Waals surface area contributed by atoms with Crippen molar-refractivity contribution < 1.29 is 9.90 Å². The predicted molar refractivity (Wildman–Crippen MR) is 82.2 cm³/mol. The Labute approximate surface area is 121 Å². The lowest BCUT2D eigenvalue weighted by Crippen LogP contribution is -2.13. The number of nitrogens with one attached hydrogen (secondary N) is 1. The fourth-order valence-electron chi connectivity index (χ4n) is 2.17. The summed E-state index contributed by atoms with van der Waals surface area (Å²) < 4.78 is 0. The van der Waals surface area contributed by atoms with Crippen LogP contribution in [0.2, 0.25) is 0 Å². The standard InChI is InChI=1S/C16H13N3O2/c17-14-12-6-2-1-4-10(12)8-13(15(14)20)16(21)19-11-5-3-7-18-9-11/h1-9,20H,17H2,(H,19,21). The Morgan fingerprint density at radius 2 is 2.00 bits per heavy atom. The zero-order valence-electron chi connectivity index (χ0n) is 11.1. The third-order valence-electron chi connectivity index (χ3n) is 3.23. The number of anilines is 2. The first-order chi connectivity index (χ1) is 10.2. The molecule has 0 aliphatic heterocycles. The van der Waals surface area contributed by atoms with E-state index < -0.39 is 5.91 Å². The van der Waals surface area contributed by atoms with E-state index in [1.54, 1.807) is 30.5 Å². The quantitative estimate of drug-likeness (QED) is 0.497. The summed E-state index contributed by atoms with van der Waals surface area (Å²) in [5, 5.41) is 14.3. The van der Waals surface area contributed by atoms with Gasteiger partial charge in [0.25, 0.3) is 5.91 Å². The summed E-state index contributed by atoms with van der Waals surface area (Å²) in [6.07, 6.45) is 3.14. The van der Waals surface area contributed by atoms with Gasteiger partial charge < -0.3 is 16.2 Å². The number of amides is 1. The molecule has 0 spiro atoms. The summed E-state index contributed by atoms with van der Waals surface area (Å²) in [6.45, 7) is 0. The minimum Gasteiger partial charge on any atom is -0.505 e. The van der Waals surface area contributed by atoms with Crippen LogP contribution in [0.3, 0.4) is 0 Å². The molecule has 0 fully saturated rings. The van der Waals surface area contributed by atoms with Crippen molar-refractivity contribution in [1.82, 2.24) is 4.98 Å². The molecule has 5 heteroatoms. The van der Waals surface area contributed by atoms with Crippen molar-refractivity contribution in [3.8, 4) is 5.75 Å². The van der Waals surface area contributed by atoms with E-state index in [0.29, 0.717) is 11.1 Å². The number of phenols is 1. The van der Waals surface area contributed by atoms with Crippen LogP contribution in [0.1, 0.15) is 10.4 Å². The normalized spacial score (nSPS) is 10.5. The highest BCUT2D eigenvalue weighted by atomic mass is 16.3. The van der Waals surface area contributed by atoms with Crippen LogP contribution in [0.5, 0.6) is 5.75 Å². The van der Waals surface area contributed by atoms with E-state index in [1.165, 1.54) is 6.20 Å². The van der Waals surface area contributed by atoms with Crippen LogP contribution in [-0.2, 0) is 0 Å². The molecule has 0 radical (unpaired) electrons. The Hall–Kier alpha value is -3.08. The van der Waals surface area contributed by atoms with Crippen LogP contribution < -0.4 is 11.1 Å². The fourth-order valence-corrected chi connectivity index (χ4v) is 2.17. The topological polar surface area (TPSA) is 88.2 Å². The number of fused-ring (bicyclic) bond motifs is 1. The van der Waals surface area contributed by atoms with Gasteiger partial charge in [0.1, 0.15) is 0 Å². The second-order valence-corrected chi connectivity index (χ2v) is 4.60. The second-order valence-electron chi connectivity index (χ2n) is 4.60. The summed E-state index contributed by atoms with van der Waals surface area (Å²) in [6, 6.07) is 12.4. The smallest absolute Gasteiger partial charge is 0.259 e. The van der Waals surface area contributed by atoms with Crippen LogP contribution in [0.25, 0.3) is 10.8 Å². The number of carbonyl (C=O) groups excluding carboxylic acids is 1. The Kier molecular flexibility index (Phi) is 3.16. The first-order valence-electron chi connectivity index (χ1n) is 6.38. The van der Waals surface area contributed by atoms with E-state index in [-0.39, 0.29) is 17.0 Å². The molecule has 0 saturated carbocycles. The average molecular weight is 279 g/mol. The van der Waals surface area contributed by atoms with E-state index >= 15 is 0 Å². The largest absolute Gasteiger partial charge is 0.505 e. The number of nitrogens with zero attached hydrogens (tertiary/aromatic N) is 1. The highest BCUT2D eigenvalue weighted by Gasteiger charge is 2.16. The van der Waals surface area contributed by atoms with Crippen LogP contribution in [0.15, 0.2) is 54.9 Å². The number of hydrogen-bond acceptors (Lipinski definition) is 4. The van der Waals surface area contributed by atoms with Crippen LogP contribution in [-0.4, -0.2) is 16.0 Å². The SMILES string of the molecule is Nc1c(O)c(C(=O)Nc2cccnc2)cc2ccccc12. The number of rotatable bonds is 2. The zero-order chi connectivity index (χ0) is 14.8. The summed E-state index contributed by atoms with van der Waals surface area (Å²) >= 11 is 0. The van der Waals surface area contributed by atoms with Gasteiger partial charge in [0, 0.05) is 11.6 Å². The second kappa shape index (κ2) is 5.13. The molecule has 2 aromatic carbocycles.